The fourth-order valence-electron chi connectivity index (χ4n) is 2.36. The van der Waals surface area contributed by atoms with Crippen LogP contribution in [-0.4, -0.2) is 34.1 Å². The summed E-state index contributed by atoms with van der Waals surface area (Å²) < 4.78 is 40.9. The number of nitrogens with zero attached hydrogens (tertiary/aromatic N) is 1. The molecule has 0 aliphatic carbocycles. The summed E-state index contributed by atoms with van der Waals surface area (Å²) >= 11 is 0. The Balaban J connectivity index is 1.59. The topological polar surface area (TPSA) is 127 Å². The standard InChI is InChI=1S/C18H17N3O6S/c19-11-13-4-1-2-5-15(13)27-12-18(22)20-21-28(23,24)14-6-7-16-17(10-14)26-9-3-8-25-16/h1-2,4-7,10,21H,3,8-9,12H2,(H,20,22). The zero-order valence-electron chi connectivity index (χ0n) is 14.7. The lowest BCUT2D eigenvalue weighted by Crippen LogP contribution is -2.43. The van der Waals surface area contributed by atoms with Gasteiger partial charge >= 0.3 is 0 Å². The van der Waals surface area contributed by atoms with Crippen molar-refractivity contribution in [3.63, 3.8) is 0 Å². The van der Waals surface area contributed by atoms with Gasteiger partial charge in [-0.1, -0.05) is 12.1 Å². The Morgan fingerprint density at radius 2 is 1.89 bits per heavy atom. The number of hydrazine groups is 1. The van der Waals surface area contributed by atoms with Crippen molar-refractivity contribution in [3.05, 3.63) is 48.0 Å². The van der Waals surface area contributed by atoms with E-state index in [-0.39, 0.29) is 16.2 Å². The molecule has 0 bridgehead atoms. The summed E-state index contributed by atoms with van der Waals surface area (Å²) in [6.45, 7) is 0.437. The number of hydrogen-bond donors (Lipinski definition) is 2. The average Bonchev–Trinajstić information content (AvgIpc) is 2.95. The van der Waals surface area contributed by atoms with Gasteiger partial charge in [0.1, 0.15) is 11.8 Å². The Morgan fingerprint density at radius 1 is 1.14 bits per heavy atom. The van der Waals surface area contributed by atoms with Crippen LogP contribution >= 0.6 is 0 Å². The first-order chi connectivity index (χ1) is 13.5. The van der Waals surface area contributed by atoms with Gasteiger partial charge in [-0.3, -0.25) is 10.2 Å². The highest BCUT2D eigenvalue weighted by Crippen LogP contribution is 2.31. The third-order valence-electron chi connectivity index (χ3n) is 3.72. The van der Waals surface area contributed by atoms with Gasteiger partial charge in [-0.05, 0) is 24.3 Å². The van der Waals surface area contributed by atoms with Crippen LogP contribution in [0.5, 0.6) is 17.2 Å². The third kappa shape index (κ3) is 4.70. The molecular weight excluding hydrogens is 386 g/mol. The quantitative estimate of drug-likeness (QED) is 0.692. The number of benzene rings is 2. The first-order valence-corrected chi connectivity index (χ1v) is 9.80. The third-order valence-corrected chi connectivity index (χ3v) is 4.97. The second-order valence-corrected chi connectivity index (χ2v) is 7.39. The number of hydrogen-bond acceptors (Lipinski definition) is 7. The van der Waals surface area contributed by atoms with Gasteiger partial charge in [-0.15, -0.1) is 4.83 Å². The van der Waals surface area contributed by atoms with Crippen LogP contribution in [0.2, 0.25) is 0 Å². The lowest BCUT2D eigenvalue weighted by molar-refractivity contribution is -0.123. The van der Waals surface area contributed by atoms with E-state index in [1.807, 2.05) is 10.9 Å². The van der Waals surface area contributed by atoms with E-state index in [2.05, 4.69) is 5.43 Å². The zero-order chi connectivity index (χ0) is 20.0. The maximum absolute atomic E-state index is 12.4. The van der Waals surface area contributed by atoms with Crippen molar-refractivity contribution >= 4 is 15.9 Å². The van der Waals surface area contributed by atoms with Crippen LogP contribution in [0.3, 0.4) is 0 Å². The normalized spacial score (nSPS) is 13.1. The van der Waals surface area contributed by atoms with Gasteiger partial charge in [0, 0.05) is 12.5 Å². The van der Waals surface area contributed by atoms with Crippen molar-refractivity contribution < 1.29 is 27.4 Å². The van der Waals surface area contributed by atoms with Gasteiger partial charge in [0.05, 0.1) is 23.7 Å². The number of nitrogens with one attached hydrogen (secondary N) is 2. The molecule has 0 atom stereocenters. The fourth-order valence-corrected chi connectivity index (χ4v) is 3.23. The smallest absolute Gasteiger partial charge is 0.272 e. The Hall–Kier alpha value is -3.29. The number of nitriles is 1. The second kappa shape index (κ2) is 8.60. The molecule has 0 saturated carbocycles. The maximum atomic E-state index is 12.4. The number of rotatable bonds is 6. The molecule has 1 aliphatic heterocycles. The van der Waals surface area contributed by atoms with Crippen molar-refractivity contribution in [2.24, 2.45) is 0 Å². The average molecular weight is 403 g/mol. The summed E-state index contributed by atoms with van der Waals surface area (Å²) in [4.78, 5) is 13.8. The first kappa shape index (κ1) is 19.5. The molecule has 1 aliphatic rings. The van der Waals surface area contributed by atoms with Crippen LogP contribution in [0.25, 0.3) is 0 Å². The molecule has 0 radical (unpaired) electrons. The number of sulfonamides is 1. The summed E-state index contributed by atoms with van der Waals surface area (Å²) in [5.74, 6) is 0.282. The molecule has 2 aromatic rings. The lowest BCUT2D eigenvalue weighted by atomic mass is 10.2. The first-order valence-electron chi connectivity index (χ1n) is 8.32. The minimum atomic E-state index is -4.02. The number of carbonyl (C=O) groups is 1. The van der Waals surface area contributed by atoms with E-state index < -0.39 is 22.5 Å². The fraction of sp³-hybridized carbons (Fsp3) is 0.222. The molecule has 0 aromatic heterocycles. The molecule has 10 heteroatoms. The van der Waals surface area contributed by atoms with Gasteiger partial charge in [0.15, 0.2) is 18.1 Å². The highest BCUT2D eigenvalue weighted by atomic mass is 32.2. The molecule has 3 rings (SSSR count). The molecule has 2 N–H and O–H groups in total. The van der Waals surface area contributed by atoms with Crippen molar-refractivity contribution in [2.45, 2.75) is 11.3 Å². The minimum Gasteiger partial charge on any atom is -0.490 e. The summed E-state index contributed by atoms with van der Waals surface area (Å²) in [5.41, 5.74) is 2.33. The van der Waals surface area contributed by atoms with Gasteiger partial charge in [-0.25, -0.2) is 8.42 Å². The number of amides is 1. The lowest BCUT2D eigenvalue weighted by Gasteiger charge is -2.12. The van der Waals surface area contributed by atoms with Crippen LogP contribution in [0, 0.1) is 11.3 Å². The van der Waals surface area contributed by atoms with Crippen molar-refractivity contribution in [1.29, 1.82) is 5.26 Å². The van der Waals surface area contributed by atoms with E-state index in [1.54, 1.807) is 18.2 Å². The summed E-state index contributed by atoms with van der Waals surface area (Å²) in [6, 6.07) is 12.5. The molecule has 9 nitrogen and oxygen atoms in total. The van der Waals surface area contributed by atoms with Gasteiger partial charge in [-0.2, -0.15) is 5.26 Å². The van der Waals surface area contributed by atoms with Crippen LogP contribution in [0.4, 0.5) is 0 Å². The molecule has 146 valence electrons. The van der Waals surface area contributed by atoms with Crippen LogP contribution in [-0.2, 0) is 14.8 Å². The monoisotopic (exact) mass is 403 g/mol. The van der Waals surface area contributed by atoms with Crippen molar-refractivity contribution in [1.82, 2.24) is 10.3 Å². The Morgan fingerprint density at radius 3 is 2.68 bits per heavy atom. The number of carbonyl (C=O) groups excluding carboxylic acids is 1. The van der Waals surface area contributed by atoms with Gasteiger partial charge < -0.3 is 14.2 Å². The highest BCUT2D eigenvalue weighted by Gasteiger charge is 2.19. The van der Waals surface area contributed by atoms with Gasteiger partial charge in [0.25, 0.3) is 15.9 Å². The largest absolute Gasteiger partial charge is 0.490 e. The van der Waals surface area contributed by atoms with E-state index in [1.165, 1.54) is 24.3 Å². The number of fused-ring (bicyclic) bond motifs is 1. The van der Waals surface area contributed by atoms with Gasteiger partial charge in [0.2, 0.25) is 0 Å². The Kier molecular flexibility index (Phi) is 5.98. The highest BCUT2D eigenvalue weighted by molar-refractivity contribution is 7.89. The molecule has 2 aromatic carbocycles. The SMILES string of the molecule is N#Cc1ccccc1OCC(=O)NNS(=O)(=O)c1ccc2c(c1)OCCCO2. The molecule has 1 amide bonds. The van der Waals surface area contributed by atoms with Crippen molar-refractivity contribution in [3.8, 4) is 23.3 Å². The molecular formula is C18H17N3O6S. The molecule has 0 saturated heterocycles. The van der Waals surface area contributed by atoms with E-state index in [0.29, 0.717) is 31.1 Å². The molecule has 0 fully saturated rings. The molecule has 1 heterocycles. The van der Waals surface area contributed by atoms with E-state index in [0.717, 1.165) is 0 Å². The Bertz CT molecular complexity index is 1020. The Labute approximate surface area is 161 Å². The van der Waals surface area contributed by atoms with Crippen LogP contribution in [0.1, 0.15) is 12.0 Å². The number of ether oxygens (including phenoxy) is 3. The van der Waals surface area contributed by atoms with Crippen LogP contribution in [0.15, 0.2) is 47.4 Å². The summed E-state index contributed by atoms with van der Waals surface area (Å²) in [6.07, 6.45) is 0.694. The predicted octanol–water partition coefficient (Wildman–Crippen LogP) is 1.11. The molecule has 0 spiro atoms. The van der Waals surface area contributed by atoms with Crippen LogP contribution < -0.4 is 24.5 Å². The second-order valence-electron chi connectivity index (χ2n) is 5.71. The summed E-state index contributed by atoms with van der Waals surface area (Å²) in [5, 5.41) is 8.98. The minimum absolute atomic E-state index is 0.0900. The molecule has 28 heavy (non-hydrogen) atoms. The maximum Gasteiger partial charge on any atom is 0.272 e. The van der Waals surface area contributed by atoms with E-state index in [4.69, 9.17) is 19.5 Å². The summed E-state index contributed by atoms with van der Waals surface area (Å²) in [7, 11) is -4.02. The predicted molar refractivity (Wildman–Crippen MR) is 97.2 cm³/mol. The molecule has 0 unspecified atom stereocenters. The zero-order valence-corrected chi connectivity index (χ0v) is 15.5. The number of para-hydroxylation sites is 1. The van der Waals surface area contributed by atoms with Crippen molar-refractivity contribution in [2.75, 3.05) is 19.8 Å². The van der Waals surface area contributed by atoms with E-state index >= 15 is 0 Å². The van der Waals surface area contributed by atoms with E-state index in [9.17, 15) is 13.2 Å².